The van der Waals surface area contributed by atoms with Crippen molar-refractivity contribution in [3.63, 3.8) is 0 Å². The van der Waals surface area contributed by atoms with E-state index in [2.05, 4.69) is 9.88 Å². The maximum atomic E-state index is 13.1. The third kappa shape index (κ3) is 2.93. The van der Waals surface area contributed by atoms with Gasteiger partial charge >= 0.3 is 0 Å². The van der Waals surface area contributed by atoms with Crippen LogP contribution >= 0.6 is 0 Å². The van der Waals surface area contributed by atoms with Crippen LogP contribution in [0.5, 0.6) is 0 Å². The number of aromatic nitrogens is 1. The highest BCUT2D eigenvalue weighted by atomic mass is 32.2. The summed E-state index contributed by atoms with van der Waals surface area (Å²) in [5, 5.41) is 0. The highest BCUT2D eigenvalue weighted by Crippen LogP contribution is 2.21. The zero-order valence-corrected chi connectivity index (χ0v) is 12.0. The lowest BCUT2D eigenvalue weighted by Crippen LogP contribution is -2.51. The van der Waals surface area contributed by atoms with Crippen molar-refractivity contribution in [1.82, 2.24) is 9.88 Å². The van der Waals surface area contributed by atoms with Crippen molar-refractivity contribution in [2.75, 3.05) is 42.6 Å². The van der Waals surface area contributed by atoms with Gasteiger partial charge in [0.15, 0.2) is 9.84 Å². The molecule has 0 bridgehead atoms. The Morgan fingerprint density at radius 2 is 1.95 bits per heavy atom. The minimum Gasteiger partial charge on any atom is -0.354 e. The number of piperazine rings is 1. The molecule has 3 rings (SSSR count). The lowest BCUT2D eigenvalue weighted by atomic mass is 10.2. The van der Waals surface area contributed by atoms with E-state index in [4.69, 9.17) is 0 Å². The number of nitrogens with zero attached hydrogens (tertiary/aromatic N) is 3. The number of hydrogen-bond donors (Lipinski definition) is 0. The van der Waals surface area contributed by atoms with Gasteiger partial charge < -0.3 is 4.90 Å². The minimum absolute atomic E-state index is 0.155. The van der Waals surface area contributed by atoms with Gasteiger partial charge in [-0.2, -0.15) is 4.39 Å². The monoisotopic (exact) mass is 299 g/mol. The second-order valence-corrected chi connectivity index (χ2v) is 7.63. The summed E-state index contributed by atoms with van der Waals surface area (Å²) in [6.07, 6.45) is 0.737. The first-order chi connectivity index (χ1) is 9.53. The van der Waals surface area contributed by atoms with Crippen molar-refractivity contribution >= 4 is 15.7 Å². The van der Waals surface area contributed by atoms with Gasteiger partial charge in [0.05, 0.1) is 11.5 Å². The normalized spacial score (nSPS) is 26.9. The van der Waals surface area contributed by atoms with Crippen LogP contribution in [0.2, 0.25) is 0 Å². The summed E-state index contributed by atoms with van der Waals surface area (Å²) in [5.41, 5.74) is 0. The molecule has 0 aliphatic carbocycles. The van der Waals surface area contributed by atoms with Crippen LogP contribution in [0.15, 0.2) is 18.2 Å². The van der Waals surface area contributed by atoms with Crippen LogP contribution < -0.4 is 4.90 Å². The Hall–Kier alpha value is -1.21. The molecule has 7 heteroatoms. The van der Waals surface area contributed by atoms with Crippen LogP contribution in [-0.2, 0) is 9.84 Å². The van der Waals surface area contributed by atoms with E-state index in [0.29, 0.717) is 11.6 Å². The Kier molecular flexibility index (Phi) is 3.64. The van der Waals surface area contributed by atoms with Crippen molar-refractivity contribution in [2.24, 2.45) is 0 Å². The summed E-state index contributed by atoms with van der Waals surface area (Å²) >= 11 is 0. The van der Waals surface area contributed by atoms with Crippen molar-refractivity contribution in [1.29, 1.82) is 0 Å². The molecule has 0 N–H and O–H groups in total. The van der Waals surface area contributed by atoms with Crippen molar-refractivity contribution < 1.29 is 12.8 Å². The summed E-state index contributed by atoms with van der Waals surface area (Å²) < 4.78 is 36.2. The predicted molar refractivity (Wildman–Crippen MR) is 75.0 cm³/mol. The second kappa shape index (κ2) is 5.29. The van der Waals surface area contributed by atoms with Gasteiger partial charge in [0, 0.05) is 32.2 Å². The lowest BCUT2D eigenvalue weighted by Gasteiger charge is -2.38. The molecule has 2 aliphatic rings. The minimum atomic E-state index is -2.83. The molecule has 2 fully saturated rings. The molecule has 1 aromatic heterocycles. The predicted octanol–water partition coefficient (Wildman–Crippen LogP) is 0.530. The van der Waals surface area contributed by atoms with E-state index in [9.17, 15) is 12.8 Å². The van der Waals surface area contributed by atoms with E-state index in [1.54, 1.807) is 12.1 Å². The smallest absolute Gasteiger partial charge is 0.214 e. The molecular formula is C13H18FN3O2S. The first kappa shape index (κ1) is 13.8. The summed E-state index contributed by atoms with van der Waals surface area (Å²) in [6.45, 7) is 3.12. The summed E-state index contributed by atoms with van der Waals surface area (Å²) in [4.78, 5) is 8.17. The van der Waals surface area contributed by atoms with Crippen LogP contribution in [-0.4, -0.2) is 62.0 Å². The number of pyridine rings is 1. The zero-order valence-electron chi connectivity index (χ0n) is 11.2. The van der Waals surface area contributed by atoms with Crippen LogP contribution in [0.25, 0.3) is 0 Å². The van der Waals surface area contributed by atoms with Gasteiger partial charge in [0.1, 0.15) is 5.82 Å². The zero-order chi connectivity index (χ0) is 14.2. The number of anilines is 1. The highest BCUT2D eigenvalue weighted by molar-refractivity contribution is 7.91. The Bertz CT molecular complexity index is 585. The van der Waals surface area contributed by atoms with E-state index in [-0.39, 0.29) is 11.8 Å². The first-order valence-corrected chi connectivity index (χ1v) is 8.68. The SMILES string of the molecule is O=S1(=O)CCC(N2CCN(c3cccc(F)n3)CC2)C1. The van der Waals surface area contributed by atoms with Gasteiger partial charge in [-0.25, -0.2) is 13.4 Å². The topological polar surface area (TPSA) is 53.5 Å². The number of sulfone groups is 1. The molecule has 2 aliphatic heterocycles. The Balaban J connectivity index is 1.60. The molecule has 110 valence electrons. The van der Waals surface area contributed by atoms with Crippen LogP contribution in [0.1, 0.15) is 6.42 Å². The van der Waals surface area contributed by atoms with E-state index in [1.807, 2.05) is 4.90 Å². The summed E-state index contributed by atoms with van der Waals surface area (Å²) in [7, 11) is -2.83. The summed E-state index contributed by atoms with van der Waals surface area (Å²) in [6, 6.07) is 4.96. The molecule has 5 nitrogen and oxygen atoms in total. The molecule has 20 heavy (non-hydrogen) atoms. The van der Waals surface area contributed by atoms with E-state index in [0.717, 1.165) is 32.6 Å². The van der Waals surface area contributed by atoms with Crippen molar-refractivity contribution in [3.05, 3.63) is 24.1 Å². The molecule has 0 saturated carbocycles. The number of rotatable bonds is 2. The van der Waals surface area contributed by atoms with Gasteiger partial charge in [-0.15, -0.1) is 0 Å². The Morgan fingerprint density at radius 3 is 2.55 bits per heavy atom. The average Bonchev–Trinajstić information content (AvgIpc) is 2.79. The highest BCUT2D eigenvalue weighted by Gasteiger charge is 2.33. The molecule has 0 spiro atoms. The fourth-order valence-electron chi connectivity index (χ4n) is 2.95. The van der Waals surface area contributed by atoms with E-state index in [1.165, 1.54) is 6.07 Å². The second-order valence-electron chi connectivity index (χ2n) is 5.40. The largest absolute Gasteiger partial charge is 0.354 e. The average molecular weight is 299 g/mol. The summed E-state index contributed by atoms with van der Waals surface area (Å²) in [5.74, 6) is 0.782. The van der Waals surface area contributed by atoms with Crippen LogP contribution in [0.4, 0.5) is 10.2 Å². The van der Waals surface area contributed by atoms with Gasteiger partial charge in [0.25, 0.3) is 0 Å². The van der Waals surface area contributed by atoms with E-state index >= 15 is 0 Å². The molecule has 3 heterocycles. The number of hydrogen-bond acceptors (Lipinski definition) is 5. The van der Waals surface area contributed by atoms with Gasteiger partial charge in [-0.1, -0.05) is 6.07 Å². The molecule has 1 atom stereocenters. The third-order valence-electron chi connectivity index (χ3n) is 4.06. The molecule has 0 aromatic carbocycles. The van der Waals surface area contributed by atoms with Gasteiger partial charge in [-0.3, -0.25) is 4.90 Å². The lowest BCUT2D eigenvalue weighted by molar-refractivity contribution is 0.200. The fourth-order valence-corrected chi connectivity index (χ4v) is 4.71. The maximum Gasteiger partial charge on any atom is 0.214 e. The maximum absolute atomic E-state index is 13.1. The third-order valence-corrected chi connectivity index (χ3v) is 5.81. The molecule has 2 saturated heterocycles. The molecule has 0 radical (unpaired) electrons. The van der Waals surface area contributed by atoms with Gasteiger partial charge in [0.2, 0.25) is 5.95 Å². The molecule has 0 amide bonds. The van der Waals surface area contributed by atoms with Crippen LogP contribution in [0, 0.1) is 5.95 Å². The Labute approximate surface area is 118 Å². The first-order valence-electron chi connectivity index (χ1n) is 6.85. The van der Waals surface area contributed by atoms with Gasteiger partial charge in [-0.05, 0) is 18.6 Å². The molecule has 1 aromatic rings. The van der Waals surface area contributed by atoms with Crippen molar-refractivity contribution in [3.8, 4) is 0 Å². The van der Waals surface area contributed by atoms with Crippen molar-refractivity contribution in [2.45, 2.75) is 12.5 Å². The molecule has 1 unspecified atom stereocenters. The molecular weight excluding hydrogens is 281 g/mol. The standard InChI is InChI=1S/C13H18FN3O2S/c14-12-2-1-3-13(15-12)17-7-5-16(6-8-17)11-4-9-20(18,19)10-11/h1-3,11H,4-10H2. The van der Waals surface area contributed by atoms with E-state index < -0.39 is 15.8 Å². The Morgan fingerprint density at radius 1 is 1.20 bits per heavy atom. The van der Waals surface area contributed by atoms with Crippen LogP contribution in [0.3, 0.4) is 0 Å². The fraction of sp³-hybridized carbons (Fsp3) is 0.615. The quantitative estimate of drug-likeness (QED) is 0.746. The number of halogens is 1.